The first kappa shape index (κ1) is 19.6. The van der Waals surface area contributed by atoms with Gasteiger partial charge in [-0.1, -0.05) is 12.1 Å². The van der Waals surface area contributed by atoms with Crippen molar-refractivity contribution in [2.75, 3.05) is 19.0 Å². The van der Waals surface area contributed by atoms with Gasteiger partial charge in [-0.15, -0.1) is 0 Å². The fourth-order valence-corrected chi connectivity index (χ4v) is 3.19. The van der Waals surface area contributed by atoms with E-state index in [1.807, 2.05) is 22.8 Å². The summed E-state index contributed by atoms with van der Waals surface area (Å²) < 4.78 is 7.32. The second-order valence-corrected chi connectivity index (χ2v) is 7.27. The van der Waals surface area contributed by atoms with E-state index in [2.05, 4.69) is 29.1 Å². The molecule has 0 saturated heterocycles. The highest BCUT2D eigenvalue weighted by atomic mass is 16.5. The van der Waals surface area contributed by atoms with Gasteiger partial charge in [0, 0.05) is 24.3 Å². The summed E-state index contributed by atoms with van der Waals surface area (Å²) in [5.41, 5.74) is 3.39. The number of aromatic hydroxyl groups is 1. The molecule has 8 nitrogen and oxygen atoms in total. The molecule has 30 heavy (non-hydrogen) atoms. The number of methoxy groups -OCH3 is 1. The Kier molecular flexibility index (Phi) is 5.47. The van der Waals surface area contributed by atoms with Gasteiger partial charge >= 0.3 is 0 Å². The van der Waals surface area contributed by atoms with E-state index >= 15 is 0 Å². The number of hydrogen-bond acceptors (Lipinski definition) is 7. The van der Waals surface area contributed by atoms with Crippen LogP contribution in [0.2, 0.25) is 0 Å². The highest BCUT2D eigenvalue weighted by Gasteiger charge is 2.16. The van der Waals surface area contributed by atoms with E-state index in [1.54, 1.807) is 38.0 Å². The number of rotatable bonds is 7. The highest BCUT2D eigenvalue weighted by molar-refractivity contribution is 5.85. The van der Waals surface area contributed by atoms with Crippen LogP contribution in [-0.4, -0.2) is 43.3 Å². The molecule has 0 amide bonds. The van der Waals surface area contributed by atoms with Crippen molar-refractivity contribution in [1.29, 1.82) is 0 Å². The summed E-state index contributed by atoms with van der Waals surface area (Å²) in [6.45, 7) is 4.85. The largest absolute Gasteiger partial charge is 0.508 e. The molecule has 3 aromatic heterocycles. The van der Waals surface area contributed by atoms with Crippen LogP contribution in [0.15, 0.2) is 49.1 Å². The first-order chi connectivity index (χ1) is 14.5. The van der Waals surface area contributed by atoms with Crippen molar-refractivity contribution in [3.63, 3.8) is 0 Å². The summed E-state index contributed by atoms with van der Waals surface area (Å²) in [5, 5.41) is 12.8. The molecule has 0 radical (unpaired) electrons. The lowest BCUT2D eigenvalue weighted by Gasteiger charge is -2.11. The molecule has 0 saturated carbocycles. The maximum absolute atomic E-state index is 9.44. The Balaban J connectivity index is 1.68. The predicted octanol–water partition coefficient (Wildman–Crippen LogP) is 3.84. The van der Waals surface area contributed by atoms with Gasteiger partial charge in [-0.25, -0.2) is 15.0 Å². The summed E-state index contributed by atoms with van der Waals surface area (Å²) >= 11 is 0. The van der Waals surface area contributed by atoms with E-state index in [0.717, 1.165) is 28.7 Å². The quantitative estimate of drug-likeness (QED) is 0.483. The number of pyridine rings is 1. The zero-order chi connectivity index (χ0) is 21.1. The number of hydrogen-bond donors (Lipinski definition) is 2. The van der Waals surface area contributed by atoms with E-state index in [-0.39, 0.29) is 11.8 Å². The molecule has 1 aromatic carbocycles. The monoisotopic (exact) mass is 404 g/mol. The molecule has 8 heteroatoms. The number of phenolic OH excluding ortho intramolecular Hbond substituents is 1. The average Bonchev–Trinajstić information content (AvgIpc) is 3.20. The minimum atomic E-state index is 0.214. The Morgan fingerprint density at radius 2 is 1.93 bits per heavy atom. The van der Waals surface area contributed by atoms with Crippen molar-refractivity contribution in [2.45, 2.75) is 26.3 Å². The van der Waals surface area contributed by atoms with Crippen LogP contribution < -0.4 is 10.1 Å². The number of ether oxygens (including phenoxy) is 1. The lowest BCUT2D eigenvalue weighted by molar-refractivity contribution is 0.413. The number of anilines is 1. The summed E-state index contributed by atoms with van der Waals surface area (Å²) in [7, 11) is 1.61. The second kappa shape index (κ2) is 8.36. The fourth-order valence-electron chi connectivity index (χ4n) is 3.19. The Bertz CT molecular complexity index is 1150. The van der Waals surface area contributed by atoms with Crippen LogP contribution in [0.4, 0.5) is 5.82 Å². The molecule has 4 aromatic rings. The molecule has 0 spiro atoms. The van der Waals surface area contributed by atoms with Gasteiger partial charge in [-0.05, 0) is 44.0 Å². The number of fused-ring (bicyclic) bond motifs is 1. The Hall–Kier alpha value is -3.68. The average molecular weight is 404 g/mol. The second-order valence-electron chi connectivity index (χ2n) is 7.27. The van der Waals surface area contributed by atoms with E-state index in [4.69, 9.17) is 14.7 Å². The molecule has 2 N–H and O–H groups in total. The topological polar surface area (TPSA) is 98.0 Å². The molecule has 0 bridgehead atoms. The SMILES string of the molecule is COc1cncc(-c2nc(NCCc3ccc(O)cc3)c3ncn(C(C)C)c3n2)c1. The first-order valence-electron chi connectivity index (χ1n) is 9.81. The van der Waals surface area contributed by atoms with Gasteiger partial charge in [0.25, 0.3) is 0 Å². The molecular weight excluding hydrogens is 380 g/mol. The summed E-state index contributed by atoms with van der Waals surface area (Å²) in [6.07, 6.45) is 5.95. The molecule has 0 aliphatic carbocycles. The third-order valence-electron chi connectivity index (χ3n) is 4.83. The number of phenols is 1. The highest BCUT2D eigenvalue weighted by Crippen LogP contribution is 2.27. The maximum Gasteiger partial charge on any atom is 0.166 e. The number of benzene rings is 1. The van der Waals surface area contributed by atoms with Crippen LogP contribution in [0, 0.1) is 0 Å². The van der Waals surface area contributed by atoms with Crippen LogP contribution in [0.1, 0.15) is 25.5 Å². The van der Waals surface area contributed by atoms with Crippen LogP contribution in [0.25, 0.3) is 22.6 Å². The van der Waals surface area contributed by atoms with Crippen molar-refractivity contribution in [1.82, 2.24) is 24.5 Å². The Labute approximate surface area is 174 Å². The molecule has 0 aliphatic rings. The molecule has 0 aliphatic heterocycles. The summed E-state index contributed by atoms with van der Waals surface area (Å²) in [6, 6.07) is 9.28. The summed E-state index contributed by atoms with van der Waals surface area (Å²) in [5.74, 6) is 2.15. The molecule has 154 valence electrons. The van der Waals surface area contributed by atoms with Gasteiger partial charge in [0.05, 0.1) is 19.6 Å². The lowest BCUT2D eigenvalue weighted by atomic mass is 10.1. The van der Waals surface area contributed by atoms with Crippen molar-refractivity contribution in [2.24, 2.45) is 0 Å². The van der Waals surface area contributed by atoms with E-state index in [9.17, 15) is 5.11 Å². The first-order valence-corrected chi connectivity index (χ1v) is 9.81. The van der Waals surface area contributed by atoms with Crippen molar-refractivity contribution < 1.29 is 9.84 Å². The zero-order valence-corrected chi connectivity index (χ0v) is 17.2. The molecule has 0 unspecified atom stereocenters. The van der Waals surface area contributed by atoms with Crippen LogP contribution in [0.3, 0.4) is 0 Å². The number of aromatic nitrogens is 5. The standard InChI is InChI=1S/C22H24N6O2/c1-14(2)28-13-25-19-21(24-9-8-15-4-6-17(29)7-5-15)26-20(27-22(19)28)16-10-18(30-3)12-23-11-16/h4-7,10-14,29H,8-9H2,1-3H3,(H,24,26,27). The van der Waals surface area contributed by atoms with E-state index in [1.165, 1.54) is 0 Å². The van der Waals surface area contributed by atoms with Crippen LogP contribution in [0.5, 0.6) is 11.5 Å². The number of nitrogens with zero attached hydrogens (tertiary/aromatic N) is 5. The third-order valence-corrected chi connectivity index (χ3v) is 4.83. The fraction of sp³-hybridized carbons (Fsp3) is 0.273. The van der Waals surface area contributed by atoms with E-state index < -0.39 is 0 Å². The van der Waals surface area contributed by atoms with Gasteiger partial charge in [0.1, 0.15) is 17.0 Å². The van der Waals surface area contributed by atoms with Crippen molar-refractivity contribution in [3.05, 3.63) is 54.6 Å². The van der Waals surface area contributed by atoms with Gasteiger partial charge in [0.2, 0.25) is 0 Å². The zero-order valence-electron chi connectivity index (χ0n) is 17.2. The minimum Gasteiger partial charge on any atom is -0.508 e. The third kappa shape index (κ3) is 4.03. The smallest absolute Gasteiger partial charge is 0.166 e. The molecule has 0 atom stereocenters. The maximum atomic E-state index is 9.44. The van der Waals surface area contributed by atoms with Gasteiger partial charge in [-0.2, -0.15) is 0 Å². The minimum absolute atomic E-state index is 0.214. The molecule has 4 rings (SSSR count). The normalized spacial score (nSPS) is 11.2. The van der Waals surface area contributed by atoms with Gasteiger partial charge < -0.3 is 19.7 Å². The molecule has 3 heterocycles. The van der Waals surface area contributed by atoms with Crippen LogP contribution in [-0.2, 0) is 6.42 Å². The van der Waals surface area contributed by atoms with Crippen molar-refractivity contribution in [3.8, 4) is 22.9 Å². The number of imidazole rings is 1. The molecular formula is C22H24N6O2. The van der Waals surface area contributed by atoms with Crippen LogP contribution >= 0.6 is 0 Å². The number of nitrogens with one attached hydrogen (secondary N) is 1. The summed E-state index contributed by atoms with van der Waals surface area (Å²) in [4.78, 5) is 18.3. The Morgan fingerprint density at radius 3 is 2.67 bits per heavy atom. The Morgan fingerprint density at radius 1 is 1.13 bits per heavy atom. The molecule has 0 fully saturated rings. The predicted molar refractivity (Wildman–Crippen MR) is 116 cm³/mol. The van der Waals surface area contributed by atoms with E-state index in [0.29, 0.717) is 23.9 Å². The van der Waals surface area contributed by atoms with Gasteiger partial charge in [0.15, 0.2) is 17.3 Å². The van der Waals surface area contributed by atoms with Crippen molar-refractivity contribution >= 4 is 17.0 Å². The van der Waals surface area contributed by atoms with Gasteiger partial charge in [-0.3, -0.25) is 4.98 Å². The lowest BCUT2D eigenvalue weighted by Crippen LogP contribution is -2.09.